The number of aromatic nitrogens is 1. The molecule has 2 aliphatic rings. The van der Waals surface area contributed by atoms with Crippen molar-refractivity contribution in [2.45, 2.75) is 52.0 Å². The number of nitrogens with two attached hydrogens (primary N) is 1. The molecule has 2 heterocycles. The van der Waals surface area contributed by atoms with E-state index in [1.165, 1.54) is 11.1 Å². The fraction of sp³-hybridized carbons (Fsp3) is 0.619. The summed E-state index contributed by atoms with van der Waals surface area (Å²) in [4.78, 5) is 20.5. The molecule has 0 spiro atoms. The Morgan fingerprint density at radius 1 is 1.27 bits per heavy atom. The van der Waals surface area contributed by atoms with Crippen LogP contribution >= 0.6 is 11.3 Å². The van der Waals surface area contributed by atoms with Gasteiger partial charge in [0.15, 0.2) is 0 Å². The predicted molar refractivity (Wildman–Crippen MR) is 107 cm³/mol. The topological polar surface area (TPSA) is 59.2 Å². The minimum atomic E-state index is -0.337. The van der Waals surface area contributed by atoms with Gasteiger partial charge in [0.2, 0.25) is 5.91 Å². The first-order chi connectivity index (χ1) is 12.6. The highest BCUT2D eigenvalue weighted by atomic mass is 32.1. The summed E-state index contributed by atoms with van der Waals surface area (Å²) >= 11 is 1.73. The second-order valence-corrected chi connectivity index (χ2v) is 9.23. The van der Waals surface area contributed by atoms with Crippen LogP contribution in [0, 0.1) is 17.3 Å². The molecule has 1 saturated carbocycles. The molecule has 1 aliphatic heterocycles. The van der Waals surface area contributed by atoms with E-state index in [4.69, 9.17) is 10.7 Å². The molecule has 5 heteroatoms. The van der Waals surface area contributed by atoms with Crippen LogP contribution in [0.25, 0.3) is 10.2 Å². The van der Waals surface area contributed by atoms with Gasteiger partial charge in [0.05, 0.1) is 20.6 Å². The molecule has 0 bridgehead atoms. The van der Waals surface area contributed by atoms with Gasteiger partial charge in [0.25, 0.3) is 0 Å². The van der Waals surface area contributed by atoms with E-state index < -0.39 is 0 Å². The number of para-hydroxylation sites is 1. The van der Waals surface area contributed by atoms with Crippen LogP contribution in [0.4, 0.5) is 0 Å². The fourth-order valence-corrected chi connectivity index (χ4v) is 6.08. The molecule has 1 aliphatic carbocycles. The van der Waals surface area contributed by atoms with Gasteiger partial charge in [-0.15, -0.1) is 11.3 Å². The van der Waals surface area contributed by atoms with Gasteiger partial charge < -0.3 is 10.6 Å². The molecule has 2 fully saturated rings. The van der Waals surface area contributed by atoms with Crippen molar-refractivity contribution in [2.75, 3.05) is 13.1 Å². The van der Waals surface area contributed by atoms with Crippen LogP contribution in [-0.4, -0.2) is 34.9 Å². The Balaban J connectivity index is 1.56. The van der Waals surface area contributed by atoms with Gasteiger partial charge >= 0.3 is 0 Å². The smallest absolute Gasteiger partial charge is 0.229 e. The maximum absolute atomic E-state index is 13.5. The van der Waals surface area contributed by atoms with Crippen LogP contribution < -0.4 is 5.73 Å². The third kappa shape index (κ3) is 2.95. The maximum Gasteiger partial charge on any atom is 0.229 e. The van der Waals surface area contributed by atoms with E-state index in [1.54, 1.807) is 11.3 Å². The van der Waals surface area contributed by atoms with Gasteiger partial charge in [-0.25, -0.2) is 4.98 Å². The van der Waals surface area contributed by atoms with Crippen LogP contribution in [0.15, 0.2) is 24.3 Å². The van der Waals surface area contributed by atoms with Gasteiger partial charge in [-0.1, -0.05) is 26.0 Å². The lowest BCUT2D eigenvalue weighted by Gasteiger charge is -2.34. The van der Waals surface area contributed by atoms with Gasteiger partial charge in [-0.05, 0) is 49.7 Å². The minimum Gasteiger partial charge on any atom is -0.342 e. The van der Waals surface area contributed by atoms with Crippen molar-refractivity contribution < 1.29 is 4.79 Å². The van der Waals surface area contributed by atoms with Gasteiger partial charge in [0, 0.05) is 25.6 Å². The van der Waals surface area contributed by atoms with Crippen molar-refractivity contribution in [2.24, 2.45) is 23.0 Å². The van der Waals surface area contributed by atoms with Gasteiger partial charge in [-0.2, -0.15) is 0 Å². The van der Waals surface area contributed by atoms with Gasteiger partial charge in [0.1, 0.15) is 0 Å². The molecule has 1 amide bonds. The second-order valence-electron chi connectivity index (χ2n) is 8.11. The standard InChI is InChI=1S/C21H29N3OS/c1-3-21(4-2,11-19-23-17-7-5-6-8-18(17)26-19)20(25)24-12-14-9-10-16(22)15(14)13-24/h5-8,14-16H,3-4,9-13,22H2,1-2H3. The van der Waals surface area contributed by atoms with E-state index in [1.807, 2.05) is 6.07 Å². The normalized spacial score (nSPS) is 25.8. The first-order valence-electron chi connectivity index (χ1n) is 9.95. The van der Waals surface area contributed by atoms with Crippen molar-refractivity contribution >= 4 is 27.5 Å². The summed E-state index contributed by atoms with van der Waals surface area (Å²) in [5.74, 6) is 1.44. The summed E-state index contributed by atoms with van der Waals surface area (Å²) in [6.07, 6.45) is 4.76. The highest BCUT2D eigenvalue weighted by Gasteiger charge is 2.47. The van der Waals surface area contributed by atoms with Crippen LogP contribution in [0.5, 0.6) is 0 Å². The van der Waals surface area contributed by atoms with Crippen LogP contribution in [-0.2, 0) is 11.2 Å². The Hall–Kier alpha value is -1.46. The Morgan fingerprint density at radius 2 is 2.04 bits per heavy atom. The quantitative estimate of drug-likeness (QED) is 0.869. The minimum absolute atomic E-state index is 0.278. The summed E-state index contributed by atoms with van der Waals surface area (Å²) in [6.45, 7) is 6.06. The summed E-state index contributed by atoms with van der Waals surface area (Å²) in [5.41, 5.74) is 6.98. The molecule has 3 unspecified atom stereocenters. The average Bonchev–Trinajstić information content (AvgIpc) is 3.34. The van der Waals surface area contributed by atoms with Crippen LogP contribution in [0.3, 0.4) is 0 Å². The van der Waals surface area contributed by atoms with E-state index in [2.05, 4.69) is 36.9 Å². The highest BCUT2D eigenvalue weighted by molar-refractivity contribution is 7.18. The van der Waals surface area contributed by atoms with Gasteiger partial charge in [-0.3, -0.25) is 4.79 Å². The number of rotatable bonds is 5. The maximum atomic E-state index is 13.5. The number of carbonyl (C=O) groups is 1. The molecule has 140 valence electrons. The van der Waals surface area contributed by atoms with Crippen molar-refractivity contribution in [1.82, 2.24) is 9.88 Å². The largest absolute Gasteiger partial charge is 0.342 e. The molecular formula is C21H29N3OS. The number of benzene rings is 1. The summed E-state index contributed by atoms with van der Waals surface area (Å²) in [5, 5.41) is 1.08. The van der Waals surface area contributed by atoms with Crippen molar-refractivity contribution in [3.8, 4) is 0 Å². The van der Waals surface area contributed by atoms with E-state index in [0.29, 0.717) is 17.7 Å². The van der Waals surface area contributed by atoms with Crippen molar-refractivity contribution in [3.63, 3.8) is 0 Å². The van der Waals surface area contributed by atoms with Crippen LogP contribution in [0.1, 0.15) is 44.5 Å². The van der Waals surface area contributed by atoms with E-state index >= 15 is 0 Å². The Labute approximate surface area is 159 Å². The zero-order valence-corrected chi connectivity index (χ0v) is 16.6. The van der Waals surface area contributed by atoms with Crippen molar-refractivity contribution in [3.05, 3.63) is 29.3 Å². The molecule has 4 nitrogen and oxygen atoms in total. The number of carbonyl (C=O) groups excluding carboxylic acids is 1. The summed E-state index contributed by atoms with van der Waals surface area (Å²) < 4.78 is 1.21. The molecule has 4 rings (SSSR count). The zero-order valence-electron chi connectivity index (χ0n) is 15.8. The van der Waals surface area contributed by atoms with Crippen molar-refractivity contribution in [1.29, 1.82) is 0 Å². The zero-order chi connectivity index (χ0) is 18.3. The Bertz CT molecular complexity index is 764. The predicted octanol–water partition coefficient (Wildman–Crippen LogP) is 3.84. The third-order valence-electron chi connectivity index (χ3n) is 6.83. The number of hydrogen-bond donors (Lipinski definition) is 1. The SMILES string of the molecule is CCC(CC)(Cc1nc2ccccc2s1)C(=O)N1CC2CCC(N)C2C1. The lowest BCUT2D eigenvalue weighted by molar-refractivity contribution is -0.142. The summed E-state index contributed by atoms with van der Waals surface area (Å²) in [7, 11) is 0. The number of thiazole rings is 1. The fourth-order valence-electron chi connectivity index (χ4n) is 4.97. The Kier molecular flexibility index (Phi) is 4.78. The molecule has 2 N–H and O–H groups in total. The second kappa shape index (κ2) is 6.93. The third-order valence-corrected chi connectivity index (χ3v) is 7.87. The molecule has 1 aromatic heterocycles. The molecule has 1 saturated heterocycles. The van der Waals surface area contributed by atoms with E-state index in [9.17, 15) is 4.79 Å². The molecule has 26 heavy (non-hydrogen) atoms. The average molecular weight is 372 g/mol. The summed E-state index contributed by atoms with van der Waals surface area (Å²) in [6, 6.07) is 8.52. The lowest BCUT2D eigenvalue weighted by Crippen LogP contribution is -2.44. The number of amides is 1. The van der Waals surface area contributed by atoms with E-state index in [0.717, 1.165) is 49.3 Å². The number of nitrogens with zero attached hydrogens (tertiary/aromatic N) is 2. The Morgan fingerprint density at radius 3 is 2.73 bits per heavy atom. The first kappa shape index (κ1) is 17.9. The first-order valence-corrected chi connectivity index (χ1v) is 10.8. The molecule has 3 atom stereocenters. The highest BCUT2D eigenvalue weighted by Crippen LogP contribution is 2.41. The molecule has 2 aromatic rings. The number of likely N-dealkylation sites (tertiary alicyclic amines) is 1. The van der Waals surface area contributed by atoms with Crippen LogP contribution in [0.2, 0.25) is 0 Å². The number of fused-ring (bicyclic) bond motifs is 2. The molecule has 1 aromatic carbocycles. The molecule has 0 radical (unpaired) electrons. The molecular weight excluding hydrogens is 342 g/mol. The number of hydrogen-bond acceptors (Lipinski definition) is 4. The lowest BCUT2D eigenvalue weighted by atomic mass is 9.78. The monoisotopic (exact) mass is 371 g/mol. The van der Waals surface area contributed by atoms with E-state index in [-0.39, 0.29) is 11.5 Å².